The molecule has 4 heteroatoms. The average Bonchev–Trinajstić information content (AvgIpc) is 2.30. The van der Waals surface area contributed by atoms with E-state index in [4.69, 9.17) is 0 Å². The van der Waals surface area contributed by atoms with E-state index in [2.05, 4.69) is 65.0 Å². The standard InChI is InChI=1S/C15H22BrN3/c1-10(2)13-7-8-15(14(16)9-13)19(17-6)12(5)18-11(3)4/h7-10,17H,5H2,1-4,6H3. The lowest BCUT2D eigenvalue weighted by atomic mass is 10.0. The summed E-state index contributed by atoms with van der Waals surface area (Å²) in [7, 11) is 1.86. The molecule has 1 aromatic rings. The predicted molar refractivity (Wildman–Crippen MR) is 87.7 cm³/mol. The van der Waals surface area contributed by atoms with E-state index in [9.17, 15) is 0 Å². The highest BCUT2D eigenvalue weighted by molar-refractivity contribution is 9.10. The molecule has 1 rings (SSSR count). The highest BCUT2D eigenvalue weighted by Gasteiger charge is 2.12. The molecule has 0 fully saturated rings. The van der Waals surface area contributed by atoms with Crippen LogP contribution in [-0.2, 0) is 0 Å². The summed E-state index contributed by atoms with van der Waals surface area (Å²) in [5, 5.41) is 1.86. The topological polar surface area (TPSA) is 27.6 Å². The molecule has 104 valence electrons. The number of nitrogens with zero attached hydrogens (tertiary/aromatic N) is 2. The predicted octanol–water partition coefficient (Wildman–Crippen LogP) is 4.47. The Morgan fingerprint density at radius 3 is 2.42 bits per heavy atom. The third-order valence-corrected chi connectivity index (χ3v) is 3.35. The van der Waals surface area contributed by atoms with Crippen LogP contribution >= 0.6 is 15.9 Å². The van der Waals surface area contributed by atoms with Crippen LogP contribution in [-0.4, -0.2) is 12.8 Å². The fourth-order valence-electron chi connectivity index (χ4n) is 1.76. The molecule has 1 N–H and O–H groups in total. The summed E-state index contributed by atoms with van der Waals surface area (Å²) < 4.78 is 1.03. The van der Waals surface area contributed by atoms with Crippen LogP contribution in [0.3, 0.4) is 0 Å². The van der Waals surface area contributed by atoms with Crippen molar-refractivity contribution in [3.63, 3.8) is 0 Å². The normalized spacial score (nSPS) is 10.5. The van der Waals surface area contributed by atoms with Gasteiger partial charge in [0.05, 0.1) is 5.69 Å². The Hall–Kier alpha value is -1.13. The number of nitrogens with one attached hydrogen (secondary N) is 1. The van der Waals surface area contributed by atoms with Crippen molar-refractivity contribution in [1.29, 1.82) is 0 Å². The fraction of sp³-hybridized carbons (Fsp3) is 0.400. The summed E-state index contributed by atoms with van der Waals surface area (Å²) >= 11 is 3.62. The number of hydrogen-bond donors (Lipinski definition) is 1. The molecule has 19 heavy (non-hydrogen) atoms. The van der Waals surface area contributed by atoms with Gasteiger partial charge in [-0.05, 0) is 53.4 Å². The maximum absolute atomic E-state index is 4.39. The molecular formula is C15H22BrN3. The van der Waals surface area contributed by atoms with Crippen LogP contribution in [0.5, 0.6) is 0 Å². The molecule has 3 nitrogen and oxygen atoms in total. The van der Waals surface area contributed by atoms with E-state index >= 15 is 0 Å². The lowest BCUT2D eigenvalue weighted by molar-refractivity contribution is 0.779. The SMILES string of the molecule is C=C(N=C(C)C)N(NC)c1ccc(C(C)C)cc1Br. The third kappa shape index (κ3) is 4.18. The van der Waals surface area contributed by atoms with Gasteiger partial charge >= 0.3 is 0 Å². The van der Waals surface area contributed by atoms with Gasteiger partial charge in [0.2, 0.25) is 0 Å². The molecule has 0 aliphatic heterocycles. The van der Waals surface area contributed by atoms with Crippen LogP contribution in [0.25, 0.3) is 0 Å². The Morgan fingerprint density at radius 2 is 2.00 bits per heavy atom. The first kappa shape index (κ1) is 15.9. The molecule has 0 amide bonds. The highest BCUT2D eigenvalue weighted by Crippen LogP contribution is 2.30. The zero-order valence-corrected chi connectivity index (χ0v) is 13.9. The van der Waals surface area contributed by atoms with E-state index in [1.54, 1.807) is 0 Å². The van der Waals surface area contributed by atoms with Crippen molar-refractivity contribution >= 4 is 27.3 Å². The lowest BCUT2D eigenvalue weighted by Crippen LogP contribution is -2.33. The molecule has 0 atom stereocenters. The number of halogens is 1. The van der Waals surface area contributed by atoms with Crippen LogP contribution < -0.4 is 10.4 Å². The molecule has 0 radical (unpaired) electrons. The summed E-state index contributed by atoms with van der Waals surface area (Å²) in [6.45, 7) is 12.3. The van der Waals surface area contributed by atoms with E-state index in [0.717, 1.165) is 15.9 Å². The van der Waals surface area contributed by atoms with E-state index < -0.39 is 0 Å². The first-order chi connectivity index (χ1) is 8.86. The van der Waals surface area contributed by atoms with E-state index in [1.807, 2.05) is 25.9 Å². The van der Waals surface area contributed by atoms with Crippen molar-refractivity contribution < 1.29 is 0 Å². The van der Waals surface area contributed by atoms with Gasteiger partial charge in [0, 0.05) is 17.2 Å². The lowest BCUT2D eigenvalue weighted by Gasteiger charge is -2.25. The molecule has 1 aromatic carbocycles. The Balaban J connectivity index is 3.13. The number of hydrazine groups is 1. The Kier molecular flexibility index (Phi) is 5.76. The van der Waals surface area contributed by atoms with Crippen molar-refractivity contribution in [1.82, 2.24) is 5.43 Å². The minimum Gasteiger partial charge on any atom is -0.259 e. The van der Waals surface area contributed by atoms with Crippen LogP contribution in [0.1, 0.15) is 39.2 Å². The highest BCUT2D eigenvalue weighted by atomic mass is 79.9. The molecule has 0 aliphatic rings. The number of rotatable bonds is 5. The summed E-state index contributed by atoms with van der Waals surface area (Å²) in [6.07, 6.45) is 0. The summed E-state index contributed by atoms with van der Waals surface area (Å²) in [5.74, 6) is 1.17. The average molecular weight is 324 g/mol. The molecule has 0 spiro atoms. The summed E-state index contributed by atoms with van der Waals surface area (Å²) in [6, 6.07) is 6.34. The van der Waals surface area contributed by atoms with Gasteiger partial charge in [0.15, 0.2) is 0 Å². The van der Waals surface area contributed by atoms with Gasteiger partial charge in [0.1, 0.15) is 5.82 Å². The second-order valence-corrected chi connectivity index (χ2v) is 5.75. The second kappa shape index (κ2) is 6.87. The molecule has 0 aliphatic carbocycles. The van der Waals surface area contributed by atoms with Crippen molar-refractivity contribution in [3.05, 3.63) is 40.6 Å². The molecule has 0 saturated heterocycles. The van der Waals surface area contributed by atoms with Crippen LogP contribution in [0.15, 0.2) is 40.1 Å². The van der Waals surface area contributed by atoms with Crippen molar-refractivity contribution in [2.75, 3.05) is 12.1 Å². The van der Waals surface area contributed by atoms with Crippen molar-refractivity contribution in [2.24, 2.45) is 4.99 Å². The van der Waals surface area contributed by atoms with Gasteiger partial charge in [-0.2, -0.15) is 0 Å². The number of hydrogen-bond acceptors (Lipinski definition) is 3. The molecule has 0 unspecified atom stereocenters. The van der Waals surface area contributed by atoms with E-state index in [0.29, 0.717) is 11.7 Å². The van der Waals surface area contributed by atoms with Crippen LogP contribution in [0, 0.1) is 0 Å². The van der Waals surface area contributed by atoms with Gasteiger partial charge in [-0.1, -0.05) is 26.5 Å². The Labute approximate surface area is 124 Å². The minimum atomic E-state index is 0.507. The Bertz CT molecular complexity index is 488. The van der Waals surface area contributed by atoms with E-state index in [-0.39, 0.29) is 0 Å². The summed E-state index contributed by atoms with van der Waals surface area (Å²) in [5.41, 5.74) is 6.38. The smallest absolute Gasteiger partial charge is 0.140 e. The maximum Gasteiger partial charge on any atom is 0.140 e. The maximum atomic E-state index is 4.39. The zero-order chi connectivity index (χ0) is 14.6. The van der Waals surface area contributed by atoms with Gasteiger partial charge in [0.25, 0.3) is 0 Å². The first-order valence-corrected chi connectivity index (χ1v) is 7.13. The molecule has 0 saturated carbocycles. The Morgan fingerprint density at radius 1 is 1.37 bits per heavy atom. The minimum absolute atomic E-state index is 0.507. The second-order valence-electron chi connectivity index (χ2n) is 4.90. The molecular weight excluding hydrogens is 302 g/mol. The van der Waals surface area contributed by atoms with Gasteiger partial charge in [-0.3, -0.25) is 5.01 Å². The monoisotopic (exact) mass is 323 g/mol. The van der Waals surface area contributed by atoms with Crippen molar-refractivity contribution in [3.8, 4) is 0 Å². The van der Waals surface area contributed by atoms with E-state index in [1.165, 1.54) is 5.56 Å². The van der Waals surface area contributed by atoms with Gasteiger partial charge in [-0.25, -0.2) is 10.4 Å². The van der Waals surface area contributed by atoms with Crippen LogP contribution in [0.2, 0.25) is 0 Å². The fourth-order valence-corrected chi connectivity index (χ4v) is 2.33. The number of benzene rings is 1. The van der Waals surface area contributed by atoms with Gasteiger partial charge in [-0.15, -0.1) is 0 Å². The quantitative estimate of drug-likeness (QED) is 0.639. The van der Waals surface area contributed by atoms with Crippen LogP contribution in [0.4, 0.5) is 5.69 Å². The number of aliphatic imine (C=N–C) groups is 1. The largest absolute Gasteiger partial charge is 0.259 e. The summed E-state index contributed by atoms with van der Waals surface area (Å²) in [4.78, 5) is 4.39. The first-order valence-electron chi connectivity index (χ1n) is 6.34. The molecule has 0 heterocycles. The molecule has 0 aromatic heterocycles. The third-order valence-electron chi connectivity index (χ3n) is 2.71. The zero-order valence-electron chi connectivity index (χ0n) is 12.3. The molecule has 0 bridgehead atoms. The number of anilines is 1. The van der Waals surface area contributed by atoms with Crippen molar-refractivity contribution in [2.45, 2.75) is 33.6 Å². The van der Waals surface area contributed by atoms with Gasteiger partial charge < -0.3 is 0 Å².